The van der Waals surface area contributed by atoms with Gasteiger partial charge < -0.3 is 15.7 Å². The second-order valence-electron chi connectivity index (χ2n) is 5.23. The zero-order valence-electron chi connectivity index (χ0n) is 11.2. The number of hydrogen-bond donors (Lipinski definition) is 2. The van der Waals surface area contributed by atoms with Crippen LogP contribution in [0.4, 0.5) is 11.4 Å². The van der Waals surface area contributed by atoms with Gasteiger partial charge in [0.05, 0.1) is 17.8 Å². The van der Waals surface area contributed by atoms with Gasteiger partial charge in [-0.2, -0.15) is 0 Å². The van der Waals surface area contributed by atoms with Crippen LogP contribution in [0.2, 0.25) is 0 Å². The van der Waals surface area contributed by atoms with Gasteiger partial charge in [0.25, 0.3) is 0 Å². The predicted molar refractivity (Wildman–Crippen MR) is 85.9 cm³/mol. The molecule has 0 bridgehead atoms. The van der Waals surface area contributed by atoms with Crippen LogP contribution in [0.15, 0.2) is 28.9 Å². The minimum Gasteiger partial charge on any atom is -0.398 e. The quantitative estimate of drug-likeness (QED) is 0.843. The lowest BCUT2D eigenvalue weighted by Crippen LogP contribution is -2.42. The number of nitrogens with zero attached hydrogens (tertiary/aromatic N) is 2. The topological polar surface area (TPSA) is 62.4 Å². The number of pyridine rings is 1. The summed E-state index contributed by atoms with van der Waals surface area (Å²) in [5.74, 6) is 0. The number of aliphatic hydroxyl groups is 1. The second-order valence-corrected chi connectivity index (χ2v) is 6.14. The molecular formula is C15H18BrN3O. The van der Waals surface area contributed by atoms with Crippen molar-refractivity contribution in [3.8, 4) is 0 Å². The molecule has 0 saturated heterocycles. The lowest BCUT2D eigenvalue weighted by atomic mass is 9.90. The van der Waals surface area contributed by atoms with Crippen LogP contribution in [-0.2, 0) is 0 Å². The van der Waals surface area contributed by atoms with Gasteiger partial charge in [0, 0.05) is 34.3 Å². The van der Waals surface area contributed by atoms with Crippen molar-refractivity contribution in [3.63, 3.8) is 0 Å². The molecule has 1 aromatic carbocycles. The van der Waals surface area contributed by atoms with Crippen molar-refractivity contribution in [1.82, 2.24) is 4.98 Å². The average molecular weight is 336 g/mol. The molecule has 4 nitrogen and oxygen atoms in total. The summed E-state index contributed by atoms with van der Waals surface area (Å²) in [7, 11) is 0. The van der Waals surface area contributed by atoms with E-state index >= 15 is 0 Å². The fourth-order valence-corrected chi connectivity index (χ4v) is 3.07. The minimum absolute atomic E-state index is 0.152. The van der Waals surface area contributed by atoms with Crippen LogP contribution in [0.1, 0.15) is 19.3 Å². The van der Waals surface area contributed by atoms with Crippen molar-refractivity contribution < 1.29 is 5.11 Å². The third-order valence-electron chi connectivity index (χ3n) is 3.99. The molecule has 1 fully saturated rings. The van der Waals surface area contributed by atoms with Crippen molar-refractivity contribution in [2.45, 2.75) is 25.3 Å². The van der Waals surface area contributed by atoms with E-state index in [0.29, 0.717) is 12.6 Å². The Hall–Kier alpha value is -1.33. The van der Waals surface area contributed by atoms with Gasteiger partial charge in [-0.05, 0) is 53.4 Å². The Morgan fingerprint density at radius 1 is 1.40 bits per heavy atom. The number of nitrogen functional groups attached to an aromatic ring is 1. The van der Waals surface area contributed by atoms with Gasteiger partial charge in [-0.15, -0.1) is 0 Å². The molecule has 0 unspecified atom stereocenters. The summed E-state index contributed by atoms with van der Waals surface area (Å²) >= 11 is 3.44. The van der Waals surface area contributed by atoms with E-state index in [1.807, 2.05) is 18.2 Å². The molecular weight excluding hydrogens is 318 g/mol. The largest absolute Gasteiger partial charge is 0.398 e. The maximum absolute atomic E-state index is 9.34. The molecule has 2 aromatic rings. The molecule has 0 aliphatic heterocycles. The molecule has 1 aromatic heterocycles. The summed E-state index contributed by atoms with van der Waals surface area (Å²) < 4.78 is 0.922. The van der Waals surface area contributed by atoms with Crippen LogP contribution in [0, 0.1) is 0 Å². The highest BCUT2D eigenvalue weighted by Crippen LogP contribution is 2.35. The standard InChI is InChI=1S/C15H18BrN3O/c16-10-8-12-13(17)4-5-14(15(12)18-9-10)19(6-7-20)11-2-1-3-11/h4-5,8-9,11,20H,1-3,6-7,17H2. The molecule has 1 saturated carbocycles. The molecule has 0 radical (unpaired) electrons. The Bertz CT molecular complexity index is 628. The van der Waals surface area contributed by atoms with E-state index in [-0.39, 0.29) is 6.61 Å². The van der Waals surface area contributed by atoms with Crippen molar-refractivity contribution in [1.29, 1.82) is 0 Å². The van der Waals surface area contributed by atoms with Crippen molar-refractivity contribution >= 4 is 38.2 Å². The highest BCUT2D eigenvalue weighted by Gasteiger charge is 2.26. The summed E-state index contributed by atoms with van der Waals surface area (Å²) in [5.41, 5.74) is 8.77. The molecule has 0 amide bonds. The Morgan fingerprint density at radius 3 is 2.85 bits per heavy atom. The third-order valence-corrected chi connectivity index (χ3v) is 4.43. The SMILES string of the molecule is Nc1ccc(N(CCO)C2CCC2)c2ncc(Br)cc12. The van der Waals surface area contributed by atoms with Gasteiger partial charge in [0.15, 0.2) is 0 Å². The Labute approximate surface area is 126 Å². The number of halogens is 1. The first-order chi connectivity index (χ1) is 9.70. The van der Waals surface area contributed by atoms with Crippen LogP contribution in [0.25, 0.3) is 10.9 Å². The second kappa shape index (κ2) is 5.58. The summed E-state index contributed by atoms with van der Waals surface area (Å²) in [4.78, 5) is 6.81. The molecule has 5 heteroatoms. The van der Waals surface area contributed by atoms with Crippen LogP contribution in [0.5, 0.6) is 0 Å². The van der Waals surface area contributed by atoms with E-state index < -0.39 is 0 Å². The van der Waals surface area contributed by atoms with E-state index in [0.717, 1.165) is 26.8 Å². The zero-order chi connectivity index (χ0) is 14.1. The monoisotopic (exact) mass is 335 g/mol. The predicted octanol–water partition coefficient (Wildman–Crippen LogP) is 2.93. The molecule has 1 heterocycles. The molecule has 0 spiro atoms. The number of rotatable bonds is 4. The van der Waals surface area contributed by atoms with Gasteiger partial charge in [0.2, 0.25) is 0 Å². The van der Waals surface area contributed by atoms with Crippen molar-refractivity contribution in [2.75, 3.05) is 23.8 Å². The van der Waals surface area contributed by atoms with Gasteiger partial charge in [-0.1, -0.05) is 0 Å². The van der Waals surface area contributed by atoms with E-state index in [1.165, 1.54) is 19.3 Å². The Kier molecular flexibility index (Phi) is 3.81. The lowest BCUT2D eigenvalue weighted by molar-refractivity contribution is 0.284. The maximum Gasteiger partial charge on any atom is 0.0956 e. The van der Waals surface area contributed by atoms with Crippen molar-refractivity contribution in [2.24, 2.45) is 0 Å². The average Bonchev–Trinajstić information content (AvgIpc) is 2.37. The maximum atomic E-state index is 9.34. The molecule has 1 aliphatic rings. The summed E-state index contributed by atoms with van der Waals surface area (Å²) in [6.07, 6.45) is 5.42. The fourth-order valence-electron chi connectivity index (χ4n) is 2.74. The highest BCUT2D eigenvalue weighted by atomic mass is 79.9. The molecule has 3 N–H and O–H groups in total. The number of aromatic nitrogens is 1. The van der Waals surface area contributed by atoms with Crippen LogP contribution in [0.3, 0.4) is 0 Å². The van der Waals surface area contributed by atoms with E-state index in [1.54, 1.807) is 6.20 Å². The first kappa shape index (κ1) is 13.6. The fraction of sp³-hybridized carbons (Fsp3) is 0.400. The summed E-state index contributed by atoms with van der Waals surface area (Å²) in [6.45, 7) is 0.792. The van der Waals surface area contributed by atoms with Gasteiger partial charge in [-0.3, -0.25) is 4.98 Å². The highest BCUT2D eigenvalue weighted by molar-refractivity contribution is 9.10. The third kappa shape index (κ3) is 2.36. The Balaban J connectivity index is 2.11. The lowest BCUT2D eigenvalue weighted by Gasteiger charge is -2.39. The minimum atomic E-state index is 0.152. The van der Waals surface area contributed by atoms with E-state index in [9.17, 15) is 5.11 Å². The van der Waals surface area contributed by atoms with Crippen molar-refractivity contribution in [3.05, 3.63) is 28.9 Å². The number of aliphatic hydroxyl groups excluding tert-OH is 1. The number of hydrogen-bond acceptors (Lipinski definition) is 4. The van der Waals surface area contributed by atoms with E-state index in [2.05, 4.69) is 25.8 Å². The van der Waals surface area contributed by atoms with Crippen LogP contribution < -0.4 is 10.6 Å². The number of anilines is 2. The number of fused-ring (bicyclic) bond motifs is 1. The zero-order valence-corrected chi connectivity index (χ0v) is 12.8. The van der Waals surface area contributed by atoms with Crippen LogP contribution >= 0.6 is 15.9 Å². The smallest absolute Gasteiger partial charge is 0.0956 e. The Morgan fingerprint density at radius 2 is 2.20 bits per heavy atom. The van der Waals surface area contributed by atoms with E-state index in [4.69, 9.17) is 5.73 Å². The first-order valence-electron chi connectivity index (χ1n) is 6.92. The summed E-state index contributed by atoms with van der Waals surface area (Å²) in [6, 6.07) is 6.46. The first-order valence-corrected chi connectivity index (χ1v) is 7.71. The molecule has 3 rings (SSSR count). The van der Waals surface area contributed by atoms with Gasteiger partial charge in [-0.25, -0.2) is 0 Å². The molecule has 106 valence electrons. The molecule has 0 atom stereocenters. The summed E-state index contributed by atoms with van der Waals surface area (Å²) in [5, 5.41) is 10.3. The van der Waals surface area contributed by atoms with Gasteiger partial charge in [0.1, 0.15) is 0 Å². The number of nitrogens with two attached hydrogens (primary N) is 1. The van der Waals surface area contributed by atoms with Gasteiger partial charge >= 0.3 is 0 Å². The number of benzene rings is 1. The molecule has 1 aliphatic carbocycles. The normalized spacial score (nSPS) is 15.3. The molecule has 20 heavy (non-hydrogen) atoms. The van der Waals surface area contributed by atoms with Crippen LogP contribution in [-0.4, -0.2) is 29.3 Å².